The minimum Gasteiger partial charge on any atom is -0.351 e. The highest BCUT2D eigenvalue weighted by Crippen LogP contribution is 2.25. The SMILES string of the molecule is Cc1ccc(CNC(=O)[C@@H](C)Sc2nnc(-c3ccc(F)cc3)n2N)cc1. The van der Waals surface area contributed by atoms with Crippen molar-refractivity contribution in [2.45, 2.75) is 30.8 Å². The van der Waals surface area contributed by atoms with Crippen LogP contribution in [-0.2, 0) is 11.3 Å². The summed E-state index contributed by atoms with van der Waals surface area (Å²) >= 11 is 1.21. The van der Waals surface area contributed by atoms with Crippen molar-refractivity contribution in [3.05, 3.63) is 65.5 Å². The van der Waals surface area contributed by atoms with Crippen molar-refractivity contribution in [2.75, 3.05) is 5.84 Å². The van der Waals surface area contributed by atoms with Gasteiger partial charge in [-0.3, -0.25) is 4.79 Å². The van der Waals surface area contributed by atoms with E-state index in [2.05, 4.69) is 15.5 Å². The molecule has 1 heterocycles. The van der Waals surface area contributed by atoms with E-state index in [0.29, 0.717) is 23.1 Å². The van der Waals surface area contributed by atoms with Gasteiger partial charge in [0, 0.05) is 12.1 Å². The Hall–Kier alpha value is -2.87. The maximum absolute atomic E-state index is 13.1. The molecule has 0 radical (unpaired) electrons. The van der Waals surface area contributed by atoms with Gasteiger partial charge in [0.2, 0.25) is 11.1 Å². The molecule has 0 saturated heterocycles. The van der Waals surface area contributed by atoms with Gasteiger partial charge >= 0.3 is 0 Å². The average molecular weight is 385 g/mol. The van der Waals surface area contributed by atoms with E-state index in [0.717, 1.165) is 5.56 Å². The molecule has 0 unspecified atom stereocenters. The third-order valence-corrected chi connectivity index (χ3v) is 5.06. The van der Waals surface area contributed by atoms with E-state index >= 15 is 0 Å². The third-order valence-electron chi connectivity index (χ3n) is 4.01. The highest BCUT2D eigenvalue weighted by atomic mass is 32.2. The van der Waals surface area contributed by atoms with Gasteiger partial charge in [0.1, 0.15) is 5.82 Å². The second-order valence-electron chi connectivity index (χ2n) is 6.15. The number of benzene rings is 2. The molecular formula is C19H20FN5OS. The van der Waals surface area contributed by atoms with E-state index in [9.17, 15) is 9.18 Å². The number of thioether (sulfide) groups is 1. The van der Waals surface area contributed by atoms with Gasteiger partial charge in [0.25, 0.3) is 0 Å². The Morgan fingerprint density at radius 3 is 2.52 bits per heavy atom. The van der Waals surface area contributed by atoms with Gasteiger partial charge in [-0.1, -0.05) is 41.6 Å². The zero-order valence-corrected chi connectivity index (χ0v) is 15.8. The van der Waals surface area contributed by atoms with Crippen LogP contribution >= 0.6 is 11.8 Å². The lowest BCUT2D eigenvalue weighted by molar-refractivity contribution is -0.120. The highest BCUT2D eigenvalue weighted by molar-refractivity contribution is 8.00. The number of nitrogens with zero attached hydrogens (tertiary/aromatic N) is 3. The van der Waals surface area contributed by atoms with Crippen molar-refractivity contribution in [1.82, 2.24) is 20.2 Å². The molecule has 0 spiro atoms. The van der Waals surface area contributed by atoms with Gasteiger partial charge in [0.15, 0.2) is 5.82 Å². The van der Waals surface area contributed by atoms with Crippen molar-refractivity contribution in [3.63, 3.8) is 0 Å². The summed E-state index contributed by atoms with van der Waals surface area (Å²) in [6.07, 6.45) is 0. The molecule has 0 saturated carbocycles. The molecule has 1 atom stereocenters. The molecule has 0 aliphatic rings. The minimum absolute atomic E-state index is 0.119. The zero-order chi connectivity index (χ0) is 19.4. The molecule has 8 heteroatoms. The molecular weight excluding hydrogens is 365 g/mol. The minimum atomic E-state index is -0.400. The molecule has 0 bridgehead atoms. The topological polar surface area (TPSA) is 85.8 Å². The summed E-state index contributed by atoms with van der Waals surface area (Å²) in [5.41, 5.74) is 2.86. The van der Waals surface area contributed by atoms with Crippen LogP contribution in [0.1, 0.15) is 18.1 Å². The molecule has 3 N–H and O–H groups in total. The normalized spacial score (nSPS) is 12.0. The molecule has 6 nitrogen and oxygen atoms in total. The highest BCUT2D eigenvalue weighted by Gasteiger charge is 2.19. The largest absolute Gasteiger partial charge is 0.351 e. The fourth-order valence-corrected chi connectivity index (χ4v) is 3.20. The number of carbonyl (C=O) groups is 1. The lowest BCUT2D eigenvalue weighted by Gasteiger charge is -2.11. The Morgan fingerprint density at radius 2 is 1.85 bits per heavy atom. The Kier molecular flexibility index (Phi) is 5.75. The van der Waals surface area contributed by atoms with E-state index in [4.69, 9.17) is 5.84 Å². The van der Waals surface area contributed by atoms with Gasteiger partial charge in [-0.25, -0.2) is 9.07 Å². The predicted octanol–water partition coefficient (Wildman–Crippen LogP) is 2.90. The first-order chi connectivity index (χ1) is 12.9. The van der Waals surface area contributed by atoms with Crippen LogP contribution in [0.4, 0.5) is 4.39 Å². The Labute approximate surface area is 161 Å². The maximum Gasteiger partial charge on any atom is 0.233 e. The van der Waals surface area contributed by atoms with Gasteiger partial charge in [-0.05, 0) is 43.7 Å². The van der Waals surface area contributed by atoms with Crippen molar-refractivity contribution < 1.29 is 9.18 Å². The second-order valence-corrected chi connectivity index (χ2v) is 7.45. The van der Waals surface area contributed by atoms with Gasteiger partial charge in [-0.15, -0.1) is 10.2 Å². The summed E-state index contributed by atoms with van der Waals surface area (Å²) in [6.45, 7) is 4.26. The van der Waals surface area contributed by atoms with Crippen molar-refractivity contribution in [3.8, 4) is 11.4 Å². The van der Waals surface area contributed by atoms with E-state index in [-0.39, 0.29) is 11.7 Å². The van der Waals surface area contributed by atoms with E-state index in [1.54, 1.807) is 19.1 Å². The number of amides is 1. The molecule has 3 aromatic rings. The molecule has 1 amide bonds. The Balaban J connectivity index is 1.61. The quantitative estimate of drug-likeness (QED) is 0.503. The number of nitrogens with one attached hydrogen (secondary N) is 1. The third kappa shape index (κ3) is 4.65. The molecule has 27 heavy (non-hydrogen) atoms. The van der Waals surface area contributed by atoms with Crippen LogP contribution in [0.15, 0.2) is 53.7 Å². The molecule has 1 aromatic heterocycles. The number of halogens is 1. The van der Waals surface area contributed by atoms with Gasteiger partial charge in [-0.2, -0.15) is 0 Å². The summed E-state index contributed by atoms with van der Waals surface area (Å²) < 4.78 is 14.4. The van der Waals surface area contributed by atoms with Crippen molar-refractivity contribution in [1.29, 1.82) is 0 Å². The van der Waals surface area contributed by atoms with Crippen LogP contribution in [0, 0.1) is 12.7 Å². The summed E-state index contributed by atoms with van der Waals surface area (Å²) in [5, 5.41) is 11.0. The monoisotopic (exact) mass is 385 g/mol. The van der Waals surface area contributed by atoms with Crippen LogP contribution < -0.4 is 11.2 Å². The molecule has 140 valence electrons. The van der Waals surface area contributed by atoms with E-state index in [1.165, 1.54) is 34.1 Å². The van der Waals surface area contributed by atoms with Crippen LogP contribution in [0.3, 0.4) is 0 Å². The Bertz CT molecular complexity index is 924. The summed E-state index contributed by atoms with van der Waals surface area (Å²) in [4.78, 5) is 12.3. The van der Waals surface area contributed by atoms with Crippen molar-refractivity contribution >= 4 is 17.7 Å². The zero-order valence-electron chi connectivity index (χ0n) is 15.0. The Morgan fingerprint density at radius 1 is 1.19 bits per heavy atom. The molecule has 0 aliphatic heterocycles. The molecule has 2 aromatic carbocycles. The van der Waals surface area contributed by atoms with Crippen LogP contribution in [0.5, 0.6) is 0 Å². The maximum atomic E-state index is 13.1. The van der Waals surface area contributed by atoms with Gasteiger partial charge < -0.3 is 11.2 Å². The lowest BCUT2D eigenvalue weighted by atomic mass is 10.1. The van der Waals surface area contributed by atoms with E-state index < -0.39 is 5.25 Å². The summed E-state index contributed by atoms with van der Waals surface area (Å²) in [7, 11) is 0. The number of carbonyl (C=O) groups excluding carboxylic acids is 1. The van der Waals surface area contributed by atoms with Crippen LogP contribution in [0.2, 0.25) is 0 Å². The number of nitrogens with two attached hydrogens (primary N) is 1. The van der Waals surface area contributed by atoms with Crippen LogP contribution in [-0.4, -0.2) is 26.0 Å². The average Bonchev–Trinajstić information content (AvgIpc) is 3.02. The second kappa shape index (κ2) is 8.22. The number of hydrogen-bond donors (Lipinski definition) is 2. The number of nitrogen functional groups attached to an aromatic ring is 1. The first kappa shape index (κ1) is 18.9. The summed E-state index contributed by atoms with van der Waals surface area (Å²) in [5.74, 6) is 6.00. The number of hydrogen-bond acceptors (Lipinski definition) is 5. The first-order valence-corrected chi connectivity index (χ1v) is 9.28. The van der Waals surface area contributed by atoms with Crippen molar-refractivity contribution in [2.24, 2.45) is 0 Å². The summed E-state index contributed by atoms with van der Waals surface area (Å²) in [6, 6.07) is 13.8. The number of rotatable bonds is 6. The fourth-order valence-electron chi connectivity index (χ4n) is 2.40. The van der Waals surface area contributed by atoms with Crippen LogP contribution in [0.25, 0.3) is 11.4 Å². The lowest BCUT2D eigenvalue weighted by Crippen LogP contribution is -2.30. The predicted molar refractivity (Wildman–Crippen MR) is 104 cm³/mol. The number of aromatic nitrogens is 3. The fraction of sp³-hybridized carbons (Fsp3) is 0.211. The standard InChI is InChI=1S/C19H20FN5OS/c1-12-3-5-14(6-4-12)11-22-18(26)13(2)27-19-24-23-17(25(19)21)15-7-9-16(20)10-8-15/h3-10,13H,11,21H2,1-2H3,(H,22,26)/t13-/m1/s1. The molecule has 0 aliphatic carbocycles. The smallest absolute Gasteiger partial charge is 0.233 e. The molecule has 3 rings (SSSR count). The first-order valence-electron chi connectivity index (χ1n) is 8.40. The van der Waals surface area contributed by atoms with E-state index in [1.807, 2.05) is 31.2 Å². The number of aryl methyl sites for hydroxylation is 1. The molecule has 0 fully saturated rings. The van der Waals surface area contributed by atoms with Gasteiger partial charge in [0.05, 0.1) is 5.25 Å².